The first-order chi connectivity index (χ1) is 25.3. The molecule has 0 saturated heterocycles. The zero-order valence-electron chi connectivity index (χ0n) is 27.6. The minimum absolute atomic E-state index is 0.643. The molecule has 10 aromatic rings. The fraction of sp³-hybridized carbons (Fsp3) is 0. The molecule has 0 aliphatic rings. The van der Waals surface area contributed by atoms with Gasteiger partial charge in [0.05, 0.1) is 11.0 Å². The fourth-order valence-corrected chi connectivity index (χ4v) is 7.40. The number of hydrogen-bond acceptors (Lipinski definition) is 3. The Kier molecular flexibility index (Phi) is 6.78. The average molecular weight is 651 g/mol. The lowest BCUT2D eigenvalue weighted by Crippen LogP contribution is -2.00. The largest absolute Gasteiger partial charge is 0.309 e. The Morgan fingerprint density at radius 2 is 0.765 bits per heavy atom. The van der Waals surface area contributed by atoms with E-state index >= 15 is 0 Å². The van der Waals surface area contributed by atoms with E-state index in [1.165, 1.54) is 32.6 Å². The molecular weight excluding hydrogens is 621 g/mol. The Morgan fingerprint density at radius 1 is 0.314 bits per heavy atom. The molecule has 0 N–H and O–H groups in total. The Morgan fingerprint density at radius 3 is 1.41 bits per heavy atom. The van der Waals surface area contributed by atoms with Crippen LogP contribution in [0.2, 0.25) is 0 Å². The van der Waals surface area contributed by atoms with Gasteiger partial charge >= 0.3 is 0 Å². The Bertz CT molecular complexity index is 2840. The summed E-state index contributed by atoms with van der Waals surface area (Å²) in [6, 6.07) is 63.9. The summed E-state index contributed by atoms with van der Waals surface area (Å²) in [5.41, 5.74) is 8.71. The van der Waals surface area contributed by atoms with Crippen LogP contribution in [0.4, 0.5) is 0 Å². The second-order valence-electron chi connectivity index (χ2n) is 12.9. The summed E-state index contributed by atoms with van der Waals surface area (Å²) in [4.78, 5) is 15.2. The molecule has 2 heterocycles. The summed E-state index contributed by atoms with van der Waals surface area (Å²) < 4.78 is 2.35. The van der Waals surface area contributed by atoms with Crippen LogP contribution < -0.4 is 0 Å². The number of nitrogens with zero attached hydrogens (tertiary/aromatic N) is 4. The molecule has 0 amide bonds. The predicted octanol–water partition coefficient (Wildman–Crippen LogP) is 11.9. The van der Waals surface area contributed by atoms with E-state index in [1.807, 2.05) is 30.3 Å². The van der Waals surface area contributed by atoms with E-state index in [2.05, 4.69) is 156 Å². The minimum atomic E-state index is 0.643. The van der Waals surface area contributed by atoms with Crippen LogP contribution in [0.3, 0.4) is 0 Å². The third kappa shape index (κ3) is 4.96. The molecular formula is C47H30N4. The molecule has 0 unspecified atom stereocenters. The van der Waals surface area contributed by atoms with Gasteiger partial charge in [0.1, 0.15) is 0 Å². The molecule has 0 fully saturated rings. The smallest absolute Gasteiger partial charge is 0.164 e. The molecule has 0 radical (unpaired) electrons. The first-order valence-corrected chi connectivity index (χ1v) is 17.2. The first kappa shape index (κ1) is 29.0. The van der Waals surface area contributed by atoms with Crippen molar-refractivity contribution in [1.29, 1.82) is 0 Å². The SMILES string of the molecule is c1ccc(-c2nc(-c3ccc(-c4ccc(-n5c6ccccc6c6ccccc65)cc4)cc3)nc(-c3cc4ccccc4c4ccccc34)n2)cc1. The highest BCUT2D eigenvalue weighted by atomic mass is 15.0. The quantitative estimate of drug-likeness (QED) is 0.174. The lowest BCUT2D eigenvalue weighted by molar-refractivity contribution is 1.08. The lowest BCUT2D eigenvalue weighted by Gasteiger charge is -2.13. The third-order valence-electron chi connectivity index (χ3n) is 9.86. The number of para-hydroxylation sites is 2. The molecule has 0 aliphatic carbocycles. The van der Waals surface area contributed by atoms with Gasteiger partial charge in [0.15, 0.2) is 17.5 Å². The van der Waals surface area contributed by atoms with E-state index in [0.29, 0.717) is 17.5 Å². The van der Waals surface area contributed by atoms with Crippen LogP contribution in [0.1, 0.15) is 0 Å². The number of rotatable bonds is 5. The third-order valence-corrected chi connectivity index (χ3v) is 9.86. The standard InChI is InChI=1S/C47H30N4/c1-2-12-33(13-3-1)45-48-46(50-47(49-45)42-30-35-14-4-5-15-37(35)38-16-6-7-17-39(38)42)34-24-22-31(23-25-34)32-26-28-36(29-27-32)51-43-20-10-8-18-40(43)41-19-9-11-21-44(41)51/h1-30H. The van der Waals surface area contributed by atoms with Gasteiger partial charge in [-0.2, -0.15) is 0 Å². The molecule has 8 aromatic carbocycles. The molecule has 0 saturated carbocycles. The molecule has 238 valence electrons. The molecule has 0 aliphatic heterocycles. The van der Waals surface area contributed by atoms with E-state index in [1.54, 1.807) is 0 Å². The highest BCUT2D eigenvalue weighted by Crippen LogP contribution is 2.36. The second kappa shape index (κ2) is 11.9. The van der Waals surface area contributed by atoms with Crippen molar-refractivity contribution in [2.24, 2.45) is 0 Å². The normalized spacial score (nSPS) is 11.5. The maximum Gasteiger partial charge on any atom is 0.164 e. The second-order valence-corrected chi connectivity index (χ2v) is 12.9. The van der Waals surface area contributed by atoms with Crippen LogP contribution in [0, 0.1) is 0 Å². The minimum Gasteiger partial charge on any atom is -0.309 e. The van der Waals surface area contributed by atoms with Crippen LogP contribution in [0.25, 0.3) is 94.3 Å². The Labute approximate surface area is 295 Å². The van der Waals surface area contributed by atoms with E-state index in [0.717, 1.165) is 44.3 Å². The van der Waals surface area contributed by atoms with Crippen molar-refractivity contribution < 1.29 is 0 Å². The van der Waals surface area contributed by atoms with Crippen LogP contribution >= 0.6 is 0 Å². The molecule has 0 bridgehead atoms. The van der Waals surface area contributed by atoms with Gasteiger partial charge in [0, 0.05) is 33.2 Å². The average Bonchev–Trinajstić information content (AvgIpc) is 3.55. The summed E-state index contributed by atoms with van der Waals surface area (Å²) in [6.07, 6.45) is 0. The summed E-state index contributed by atoms with van der Waals surface area (Å²) in [6.45, 7) is 0. The van der Waals surface area contributed by atoms with Crippen molar-refractivity contribution in [2.75, 3.05) is 0 Å². The van der Waals surface area contributed by atoms with E-state index in [4.69, 9.17) is 15.0 Å². The van der Waals surface area contributed by atoms with E-state index < -0.39 is 0 Å². The molecule has 0 spiro atoms. The van der Waals surface area contributed by atoms with Gasteiger partial charge < -0.3 is 4.57 Å². The van der Waals surface area contributed by atoms with Gasteiger partial charge in [-0.1, -0.05) is 152 Å². The van der Waals surface area contributed by atoms with Crippen LogP contribution in [-0.2, 0) is 0 Å². The van der Waals surface area contributed by atoms with E-state index in [9.17, 15) is 0 Å². The fourth-order valence-electron chi connectivity index (χ4n) is 7.40. The number of hydrogen-bond donors (Lipinski definition) is 0. The van der Waals surface area contributed by atoms with Crippen molar-refractivity contribution in [2.45, 2.75) is 0 Å². The highest BCUT2D eigenvalue weighted by molar-refractivity contribution is 6.13. The van der Waals surface area contributed by atoms with E-state index in [-0.39, 0.29) is 0 Å². The summed E-state index contributed by atoms with van der Waals surface area (Å²) in [7, 11) is 0. The van der Waals surface area contributed by atoms with Gasteiger partial charge in [-0.3, -0.25) is 0 Å². The van der Waals surface area contributed by atoms with Crippen molar-refractivity contribution in [3.8, 4) is 51.0 Å². The topological polar surface area (TPSA) is 43.6 Å². The lowest BCUT2D eigenvalue weighted by atomic mass is 9.97. The van der Waals surface area contributed by atoms with Gasteiger partial charge in [-0.25, -0.2) is 15.0 Å². The van der Waals surface area contributed by atoms with Crippen LogP contribution in [0.15, 0.2) is 182 Å². The van der Waals surface area contributed by atoms with Crippen molar-refractivity contribution in [1.82, 2.24) is 19.5 Å². The highest BCUT2D eigenvalue weighted by Gasteiger charge is 2.16. The van der Waals surface area contributed by atoms with Gasteiger partial charge in [0.2, 0.25) is 0 Å². The maximum absolute atomic E-state index is 5.12. The van der Waals surface area contributed by atoms with Crippen molar-refractivity contribution >= 4 is 43.4 Å². The Hall–Kier alpha value is -6.91. The zero-order valence-corrected chi connectivity index (χ0v) is 27.6. The molecule has 0 atom stereocenters. The maximum atomic E-state index is 5.12. The van der Waals surface area contributed by atoms with Crippen LogP contribution in [-0.4, -0.2) is 19.5 Å². The molecule has 2 aromatic heterocycles. The first-order valence-electron chi connectivity index (χ1n) is 17.2. The van der Waals surface area contributed by atoms with Gasteiger partial charge in [0.25, 0.3) is 0 Å². The monoisotopic (exact) mass is 650 g/mol. The number of benzene rings is 8. The van der Waals surface area contributed by atoms with Gasteiger partial charge in [-0.15, -0.1) is 0 Å². The molecule has 10 rings (SSSR count). The Balaban J connectivity index is 1.05. The molecule has 4 nitrogen and oxygen atoms in total. The molecule has 4 heteroatoms. The number of fused-ring (bicyclic) bond motifs is 6. The van der Waals surface area contributed by atoms with Crippen LogP contribution in [0.5, 0.6) is 0 Å². The summed E-state index contributed by atoms with van der Waals surface area (Å²) in [5, 5.41) is 7.20. The van der Waals surface area contributed by atoms with Crippen molar-refractivity contribution in [3.05, 3.63) is 182 Å². The summed E-state index contributed by atoms with van der Waals surface area (Å²) in [5.74, 6) is 1.95. The molecule has 51 heavy (non-hydrogen) atoms. The number of aromatic nitrogens is 4. The van der Waals surface area contributed by atoms with Gasteiger partial charge in [-0.05, 0) is 63.0 Å². The predicted molar refractivity (Wildman–Crippen MR) is 211 cm³/mol. The van der Waals surface area contributed by atoms with Crippen molar-refractivity contribution in [3.63, 3.8) is 0 Å². The zero-order chi connectivity index (χ0) is 33.7. The summed E-state index contributed by atoms with van der Waals surface area (Å²) >= 11 is 0.